The van der Waals surface area contributed by atoms with Crippen molar-refractivity contribution in [2.24, 2.45) is 36.1 Å². The lowest BCUT2D eigenvalue weighted by Gasteiger charge is -2.49. The number of hydrogen-bond acceptors (Lipinski definition) is 10. The van der Waals surface area contributed by atoms with Crippen LogP contribution in [0.1, 0.15) is 36.8 Å². The Morgan fingerprint density at radius 3 is 2.50 bits per heavy atom. The largest absolute Gasteiger partial charge is 0.508 e. The van der Waals surface area contributed by atoms with E-state index in [1.165, 1.54) is 46.2 Å². The molecule has 9 rings (SSSR count). The van der Waals surface area contributed by atoms with Crippen molar-refractivity contribution in [3.05, 3.63) is 94.5 Å². The van der Waals surface area contributed by atoms with Gasteiger partial charge < -0.3 is 19.9 Å². The molecular formula is C41H36BClN4O8S. The number of fused-ring (bicyclic) bond motifs is 5. The molecule has 2 aromatic heterocycles. The van der Waals surface area contributed by atoms with Gasteiger partial charge in [0.2, 0.25) is 23.6 Å². The second-order valence-electron chi connectivity index (χ2n) is 15.3. The third-order valence-corrected chi connectivity index (χ3v) is 14.0. The van der Waals surface area contributed by atoms with Crippen molar-refractivity contribution in [3.63, 3.8) is 0 Å². The fourth-order valence-corrected chi connectivity index (χ4v) is 11.1. The number of nitrogens with zero attached hydrogens (tertiary/aromatic N) is 4. The Morgan fingerprint density at radius 2 is 1.75 bits per heavy atom. The molecule has 3 N–H and O–H groups in total. The van der Waals surface area contributed by atoms with E-state index in [0.717, 1.165) is 25.4 Å². The second-order valence-corrected chi connectivity index (χ2v) is 16.8. The first-order valence-electron chi connectivity index (χ1n) is 18.3. The maximum atomic E-state index is 15.1. The minimum atomic E-state index is -1.80. The van der Waals surface area contributed by atoms with Gasteiger partial charge in [0.1, 0.15) is 23.0 Å². The molecule has 3 fully saturated rings. The highest BCUT2D eigenvalue weighted by Gasteiger charge is 2.68. The molecule has 15 heteroatoms. The van der Waals surface area contributed by atoms with Gasteiger partial charge in [-0.25, -0.2) is 4.90 Å². The highest BCUT2D eigenvalue weighted by Crippen LogP contribution is 2.64. The molecule has 0 spiro atoms. The molecule has 284 valence electrons. The van der Waals surface area contributed by atoms with Crippen molar-refractivity contribution in [1.29, 1.82) is 0 Å². The van der Waals surface area contributed by atoms with E-state index in [4.69, 9.17) is 21.4 Å². The standard InChI is InChI=1S/C41H36BClN4O8S/c1-19-26-15-21(43)8-13-32(26)56-36(19)30-18-33(45(3)44-30)47-38(50)29-17-27-24(35(41(29,2)40(47)52)28-16-23(55-4)9-12-31(28)48)10-11-25-34(27)39(51)46(37(25)49)22-7-5-6-20(14-22)42(53)54/h5-10,12-16,18,25,27,29,34-35,48,53-54H,11,17H2,1-4H3. The zero-order valence-corrected chi connectivity index (χ0v) is 32.3. The van der Waals surface area contributed by atoms with Crippen LogP contribution in [0.5, 0.6) is 11.5 Å². The number of anilines is 2. The Bertz CT molecular complexity index is 2580. The number of carbonyl (C=O) groups excluding carboxylic acids is 4. The summed E-state index contributed by atoms with van der Waals surface area (Å²) in [6, 6.07) is 18.2. The number of ether oxygens (including phenoxy) is 1. The summed E-state index contributed by atoms with van der Waals surface area (Å²) in [5.41, 5.74) is 1.56. The van der Waals surface area contributed by atoms with Crippen LogP contribution in [0, 0.1) is 36.0 Å². The molecule has 3 aromatic carbocycles. The molecule has 0 bridgehead atoms. The van der Waals surface area contributed by atoms with Gasteiger partial charge in [-0.1, -0.05) is 35.4 Å². The lowest BCUT2D eigenvalue weighted by atomic mass is 9.51. The summed E-state index contributed by atoms with van der Waals surface area (Å²) in [7, 11) is 1.38. The molecule has 6 unspecified atom stereocenters. The van der Waals surface area contributed by atoms with E-state index in [1.54, 1.807) is 44.3 Å². The first-order valence-corrected chi connectivity index (χ1v) is 19.5. The Hall–Kier alpha value is -5.28. The minimum absolute atomic E-state index is 0.101. The molecular weight excluding hydrogens is 755 g/mol. The average Bonchev–Trinajstić information content (AvgIpc) is 3.85. The molecule has 4 aliphatic rings. The lowest BCUT2D eigenvalue weighted by molar-refractivity contribution is -0.131. The number of phenolic OH excluding ortho intramolecular Hbond substituents is 1. The zero-order valence-electron chi connectivity index (χ0n) is 30.8. The zero-order chi connectivity index (χ0) is 39.5. The molecule has 56 heavy (non-hydrogen) atoms. The van der Waals surface area contributed by atoms with Crippen molar-refractivity contribution in [2.75, 3.05) is 16.9 Å². The number of phenols is 1. The molecule has 2 saturated heterocycles. The number of carbonyl (C=O) groups is 4. The quantitative estimate of drug-likeness (QED) is 0.121. The number of hydrogen-bond donors (Lipinski definition) is 3. The van der Waals surface area contributed by atoms with Crippen LogP contribution in [0.2, 0.25) is 5.02 Å². The molecule has 4 amide bonds. The Balaban J connectivity index is 1.16. The van der Waals surface area contributed by atoms with E-state index in [-0.39, 0.29) is 35.6 Å². The van der Waals surface area contributed by atoms with Crippen molar-refractivity contribution < 1.29 is 39.1 Å². The monoisotopic (exact) mass is 790 g/mol. The predicted octanol–water partition coefficient (Wildman–Crippen LogP) is 5.09. The summed E-state index contributed by atoms with van der Waals surface area (Å²) in [4.78, 5) is 61.8. The van der Waals surface area contributed by atoms with Crippen LogP contribution in [0.25, 0.3) is 20.7 Å². The van der Waals surface area contributed by atoms with Crippen LogP contribution in [0.3, 0.4) is 0 Å². The van der Waals surface area contributed by atoms with Gasteiger partial charge in [-0.2, -0.15) is 5.10 Å². The number of allylic oxidation sites excluding steroid dienone is 2. The Morgan fingerprint density at radius 1 is 0.964 bits per heavy atom. The van der Waals surface area contributed by atoms with E-state index >= 15 is 4.79 Å². The van der Waals surface area contributed by atoms with Gasteiger partial charge in [0.25, 0.3) is 0 Å². The number of amides is 4. The summed E-state index contributed by atoms with van der Waals surface area (Å²) in [5.74, 6) is -5.26. The van der Waals surface area contributed by atoms with Crippen LogP contribution in [-0.4, -0.2) is 62.8 Å². The van der Waals surface area contributed by atoms with Crippen LogP contribution < -0.4 is 20.0 Å². The third-order valence-electron chi connectivity index (χ3n) is 12.5. The smallest absolute Gasteiger partial charge is 0.488 e. The number of aromatic nitrogens is 2. The van der Waals surface area contributed by atoms with Crippen LogP contribution in [-0.2, 0) is 26.2 Å². The first kappa shape index (κ1) is 36.4. The maximum absolute atomic E-state index is 15.1. The summed E-state index contributed by atoms with van der Waals surface area (Å²) in [6.07, 6.45) is 2.20. The normalized spacial score (nSPS) is 25.8. The molecule has 1 saturated carbocycles. The number of methoxy groups -OCH3 is 1. The van der Waals surface area contributed by atoms with E-state index in [0.29, 0.717) is 27.6 Å². The van der Waals surface area contributed by atoms with Crippen molar-refractivity contribution in [2.45, 2.75) is 32.6 Å². The number of rotatable bonds is 6. The predicted molar refractivity (Wildman–Crippen MR) is 212 cm³/mol. The van der Waals surface area contributed by atoms with Crippen LogP contribution in [0.15, 0.2) is 78.4 Å². The topological polar surface area (TPSA) is 162 Å². The van der Waals surface area contributed by atoms with Crippen molar-refractivity contribution in [1.82, 2.24) is 9.78 Å². The summed E-state index contributed by atoms with van der Waals surface area (Å²) < 4.78 is 8.10. The second kappa shape index (κ2) is 12.9. The number of aromatic hydroxyl groups is 1. The van der Waals surface area contributed by atoms with Crippen LogP contribution in [0.4, 0.5) is 11.5 Å². The molecule has 2 aliphatic heterocycles. The Labute approximate surface area is 330 Å². The summed E-state index contributed by atoms with van der Waals surface area (Å²) in [5, 5.41) is 37.5. The molecule has 12 nitrogen and oxygen atoms in total. The van der Waals surface area contributed by atoms with Crippen molar-refractivity contribution >= 4 is 80.7 Å². The average molecular weight is 791 g/mol. The lowest BCUT2D eigenvalue weighted by Crippen LogP contribution is -2.49. The fraction of sp³-hybridized carbons (Fsp3) is 0.293. The first-order chi connectivity index (χ1) is 26.7. The molecule has 0 radical (unpaired) electrons. The number of thiophene rings is 1. The van der Waals surface area contributed by atoms with E-state index in [9.17, 15) is 29.5 Å². The van der Waals surface area contributed by atoms with Gasteiger partial charge in [-0.3, -0.25) is 28.8 Å². The molecule has 6 atom stereocenters. The van der Waals surface area contributed by atoms with E-state index in [2.05, 4.69) is 0 Å². The minimum Gasteiger partial charge on any atom is -0.508 e. The molecule has 5 aromatic rings. The number of imide groups is 2. The van der Waals surface area contributed by atoms with Gasteiger partial charge in [0.05, 0.1) is 40.8 Å². The summed E-state index contributed by atoms with van der Waals surface area (Å²) >= 11 is 7.85. The Kier molecular flexibility index (Phi) is 8.37. The van der Waals surface area contributed by atoms with Crippen molar-refractivity contribution in [3.8, 4) is 22.1 Å². The number of benzene rings is 3. The van der Waals surface area contributed by atoms with E-state index in [1.807, 2.05) is 31.2 Å². The maximum Gasteiger partial charge on any atom is 0.488 e. The van der Waals surface area contributed by atoms with Gasteiger partial charge >= 0.3 is 7.12 Å². The number of halogens is 1. The van der Waals surface area contributed by atoms with Gasteiger partial charge in [0, 0.05) is 34.3 Å². The third kappa shape index (κ3) is 5.09. The molecule has 4 heterocycles. The van der Waals surface area contributed by atoms with Crippen LogP contribution >= 0.6 is 22.9 Å². The van der Waals surface area contributed by atoms with Gasteiger partial charge in [0.15, 0.2) is 0 Å². The fourth-order valence-electron chi connectivity index (χ4n) is 9.76. The molecule has 2 aliphatic carbocycles. The van der Waals surface area contributed by atoms with Gasteiger partial charge in [-0.15, -0.1) is 11.3 Å². The van der Waals surface area contributed by atoms with Gasteiger partial charge in [-0.05, 0) is 97.6 Å². The van der Waals surface area contributed by atoms with E-state index < -0.39 is 65.8 Å². The summed E-state index contributed by atoms with van der Waals surface area (Å²) in [6.45, 7) is 3.73. The highest BCUT2D eigenvalue weighted by molar-refractivity contribution is 7.22. The number of aryl methyl sites for hydroxylation is 2. The SMILES string of the molecule is COc1ccc(O)c(C2C3=CCC4C(=O)N(c5cccc(B(O)O)c5)C(=O)C4C3CC3C(=O)N(c4cc(-c5sc6ccc(Cl)cc6c5C)nn4C)C(=O)C32C)c1. The highest BCUT2D eigenvalue weighted by atomic mass is 35.5.